The zero-order valence-electron chi connectivity index (χ0n) is 7.00. The summed E-state index contributed by atoms with van der Waals surface area (Å²) in [6.45, 7) is 3.64. The first-order valence-corrected chi connectivity index (χ1v) is 5.41. The van der Waals surface area contributed by atoms with E-state index in [0.717, 1.165) is 21.1 Å². The minimum Gasteiger partial charge on any atom is -0.322 e. The van der Waals surface area contributed by atoms with Gasteiger partial charge in [-0.25, -0.2) is 0 Å². The maximum Gasteiger partial charge on any atom is 0.0716 e. The Hall–Kier alpha value is -0.190. The first-order valence-electron chi connectivity index (χ1n) is 3.82. The smallest absolute Gasteiger partial charge is 0.0716 e. The largest absolute Gasteiger partial charge is 0.322 e. The van der Waals surface area contributed by atoms with Gasteiger partial charge in [0.1, 0.15) is 0 Å². The Kier molecular flexibility index (Phi) is 4.09. The van der Waals surface area contributed by atoms with Crippen LogP contribution in [0.3, 0.4) is 0 Å². The van der Waals surface area contributed by atoms with Crippen molar-refractivity contribution in [2.24, 2.45) is 5.73 Å². The summed E-state index contributed by atoms with van der Waals surface area (Å²) >= 11 is 6.74. The monoisotopic (exact) mass is 304 g/mol. The molecule has 0 aliphatic rings. The second-order valence-electron chi connectivity index (χ2n) is 2.65. The predicted molar refractivity (Wildman–Crippen MR) is 61.4 cm³/mol. The summed E-state index contributed by atoms with van der Waals surface area (Å²) in [5.41, 5.74) is 6.74. The zero-order valence-corrected chi connectivity index (χ0v) is 10.2. The summed E-state index contributed by atoms with van der Waals surface area (Å²) in [6.07, 6.45) is 4.26. The van der Waals surface area contributed by atoms with E-state index in [1.165, 1.54) is 0 Å². The van der Waals surface area contributed by atoms with Crippen molar-refractivity contribution >= 4 is 31.9 Å². The fourth-order valence-corrected chi connectivity index (χ4v) is 2.27. The van der Waals surface area contributed by atoms with Crippen molar-refractivity contribution in [3.05, 3.63) is 39.6 Å². The van der Waals surface area contributed by atoms with Gasteiger partial charge in [-0.05, 0) is 44.3 Å². The molecule has 0 aliphatic heterocycles. The number of hydrogen-bond acceptors (Lipinski definition) is 2. The molecule has 0 saturated carbocycles. The van der Waals surface area contributed by atoms with Crippen LogP contribution in [0.2, 0.25) is 0 Å². The van der Waals surface area contributed by atoms with Gasteiger partial charge in [0.2, 0.25) is 0 Å². The van der Waals surface area contributed by atoms with Gasteiger partial charge >= 0.3 is 0 Å². The fourth-order valence-electron chi connectivity index (χ4n) is 0.989. The van der Waals surface area contributed by atoms with Crippen LogP contribution in [0.1, 0.15) is 18.2 Å². The molecular weight excluding hydrogens is 296 g/mol. The molecule has 0 unspecified atom stereocenters. The van der Waals surface area contributed by atoms with E-state index in [9.17, 15) is 0 Å². The molecule has 0 bridgehead atoms. The highest BCUT2D eigenvalue weighted by atomic mass is 79.9. The van der Waals surface area contributed by atoms with Crippen molar-refractivity contribution in [2.75, 3.05) is 0 Å². The molecule has 1 aromatic rings. The number of hydrogen-bond donors (Lipinski definition) is 1. The van der Waals surface area contributed by atoms with E-state index >= 15 is 0 Å². The molecule has 0 aliphatic carbocycles. The standard InChI is InChI=1S/C9H10Br2N2/c1-2-3-8(12)9-7(11)4-6(10)5-13-9/h2,4-5,8H,1,3,12H2/t8-/m0/s1. The maximum absolute atomic E-state index is 5.88. The molecule has 1 heterocycles. The molecule has 1 rings (SSSR count). The van der Waals surface area contributed by atoms with E-state index in [-0.39, 0.29) is 6.04 Å². The molecule has 70 valence electrons. The molecular formula is C9H10Br2N2. The molecule has 2 N–H and O–H groups in total. The van der Waals surface area contributed by atoms with Crippen LogP contribution in [-0.2, 0) is 0 Å². The molecule has 2 nitrogen and oxygen atoms in total. The normalized spacial score (nSPS) is 12.5. The van der Waals surface area contributed by atoms with E-state index in [0.29, 0.717) is 0 Å². The number of nitrogens with two attached hydrogens (primary N) is 1. The lowest BCUT2D eigenvalue weighted by molar-refractivity contribution is 0.709. The van der Waals surface area contributed by atoms with E-state index in [1.807, 2.05) is 6.07 Å². The van der Waals surface area contributed by atoms with Crippen molar-refractivity contribution in [3.63, 3.8) is 0 Å². The third-order valence-corrected chi connectivity index (χ3v) is 2.68. The SMILES string of the molecule is C=CC[C@H](N)c1ncc(Br)cc1Br. The molecule has 13 heavy (non-hydrogen) atoms. The quantitative estimate of drug-likeness (QED) is 0.871. The molecule has 0 aromatic carbocycles. The lowest BCUT2D eigenvalue weighted by Crippen LogP contribution is -2.11. The van der Waals surface area contributed by atoms with Crippen molar-refractivity contribution in [2.45, 2.75) is 12.5 Å². The number of rotatable bonds is 3. The van der Waals surface area contributed by atoms with Crippen LogP contribution < -0.4 is 5.73 Å². The molecule has 1 aromatic heterocycles. The van der Waals surface area contributed by atoms with E-state index in [1.54, 1.807) is 12.3 Å². The lowest BCUT2D eigenvalue weighted by Gasteiger charge is -2.10. The molecule has 0 spiro atoms. The minimum absolute atomic E-state index is 0.0834. The zero-order chi connectivity index (χ0) is 9.84. The Balaban J connectivity index is 2.94. The Labute approximate surface area is 94.5 Å². The van der Waals surface area contributed by atoms with Crippen molar-refractivity contribution in [1.29, 1.82) is 0 Å². The second kappa shape index (κ2) is 4.88. The van der Waals surface area contributed by atoms with Crippen LogP contribution >= 0.6 is 31.9 Å². The topological polar surface area (TPSA) is 38.9 Å². The van der Waals surface area contributed by atoms with Gasteiger partial charge in [0, 0.05) is 15.1 Å². The van der Waals surface area contributed by atoms with Crippen LogP contribution in [0.5, 0.6) is 0 Å². The third kappa shape index (κ3) is 2.90. The number of nitrogens with zero attached hydrogens (tertiary/aromatic N) is 1. The highest BCUT2D eigenvalue weighted by Crippen LogP contribution is 2.24. The highest BCUT2D eigenvalue weighted by Gasteiger charge is 2.09. The first-order chi connectivity index (χ1) is 6.15. The van der Waals surface area contributed by atoms with Gasteiger partial charge in [0.15, 0.2) is 0 Å². The van der Waals surface area contributed by atoms with E-state index < -0.39 is 0 Å². The van der Waals surface area contributed by atoms with Gasteiger partial charge in [0.25, 0.3) is 0 Å². The van der Waals surface area contributed by atoms with Crippen molar-refractivity contribution in [3.8, 4) is 0 Å². The summed E-state index contributed by atoms with van der Waals surface area (Å²) in [7, 11) is 0. The summed E-state index contributed by atoms with van der Waals surface area (Å²) in [5.74, 6) is 0. The van der Waals surface area contributed by atoms with Gasteiger partial charge in [0.05, 0.1) is 11.7 Å². The van der Waals surface area contributed by atoms with Gasteiger partial charge in [-0.15, -0.1) is 6.58 Å². The highest BCUT2D eigenvalue weighted by molar-refractivity contribution is 9.11. The van der Waals surface area contributed by atoms with Gasteiger partial charge < -0.3 is 5.73 Å². The van der Waals surface area contributed by atoms with E-state index in [2.05, 4.69) is 43.4 Å². The minimum atomic E-state index is -0.0834. The number of aromatic nitrogens is 1. The summed E-state index contributed by atoms with van der Waals surface area (Å²) < 4.78 is 1.87. The van der Waals surface area contributed by atoms with Crippen LogP contribution in [0.25, 0.3) is 0 Å². The summed E-state index contributed by atoms with van der Waals surface area (Å²) in [4.78, 5) is 4.23. The van der Waals surface area contributed by atoms with Crippen LogP contribution in [0.4, 0.5) is 0 Å². The Morgan fingerprint density at radius 1 is 1.62 bits per heavy atom. The third-order valence-electron chi connectivity index (χ3n) is 1.61. The van der Waals surface area contributed by atoms with Crippen molar-refractivity contribution in [1.82, 2.24) is 4.98 Å². The average molecular weight is 306 g/mol. The van der Waals surface area contributed by atoms with Gasteiger partial charge in [-0.1, -0.05) is 6.08 Å². The molecule has 0 amide bonds. The van der Waals surface area contributed by atoms with Gasteiger partial charge in [-0.2, -0.15) is 0 Å². The Morgan fingerprint density at radius 2 is 2.31 bits per heavy atom. The summed E-state index contributed by atoms with van der Waals surface area (Å²) in [6, 6.07) is 1.85. The molecule has 0 fully saturated rings. The average Bonchev–Trinajstić information content (AvgIpc) is 2.04. The Morgan fingerprint density at radius 3 is 2.85 bits per heavy atom. The van der Waals surface area contributed by atoms with Crippen LogP contribution in [0.15, 0.2) is 33.9 Å². The number of pyridine rings is 1. The molecule has 0 saturated heterocycles. The van der Waals surface area contributed by atoms with Crippen LogP contribution in [-0.4, -0.2) is 4.98 Å². The van der Waals surface area contributed by atoms with Gasteiger partial charge in [-0.3, -0.25) is 4.98 Å². The molecule has 1 atom stereocenters. The lowest BCUT2D eigenvalue weighted by atomic mass is 10.1. The summed E-state index contributed by atoms with van der Waals surface area (Å²) in [5, 5.41) is 0. The van der Waals surface area contributed by atoms with Crippen molar-refractivity contribution < 1.29 is 0 Å². The van der Waals surface area contributed by atoms with Crippen LogP contribution in [0, 0.1) is 0 Å². The van der Waals surface area contributed by atoms with E-state index in [4.69, 9.17) is 5.73 Å². The maximum atomic E-state index is 5.88. The molecule has 0 radical (unpaired) electrons. The first kappa shape index (κ1) is 10.9. The fraction of sp³-hybridized carbons (Fsp3) is 0.222. The second-order valence-corrected chi connectivity index (χ2v) is 4.42. The number of halogens is 2. The Bertz CT molecular complexity index is 312. The predicted octanol–water partition coefficient (Wildman–Crippen LogP) is 3.18. The molecule has 4 heteroatoms.